The minimum absolute atomic E-state index is 0.00792. The first-order chi connectivity index (χ1) is 10.6. The number of carbonyl (C=O) groups is 1. The van der Waals surface area contributed by atoms with E-state index in [-0.39, 0.29) is 12.1 Å². The van der Waals surface area contributed by atoms with Crippen LogP contribution in [-0.2, 0) is 6.54 Å². The summed E-state index contributed by atoms with van der Waals surface area (Å²) in [5, 5.41) is 5.30. The first-order valence-corrected chi connectivity index (χ1v) is 8.62. The third-order valence-corrected chi connectivity index (χ3v) is 5.23. The number of aryl methyl sites for hydroxylation is 1. The summed E-state index contributed by atoms with van der Waals surface area (Å²) >= 11 is 1.71. The lowest BCUT2D eigenvalue weighted by atomic mass is 10.0. The smallest absolute Gasteiger partial charge is 0.317 e. The van der Waals surface area contributed by atoms with Gasteiger partial charge in [0.1, 0.15) is 0 Å². The second-order valence-electron chi connectivity index (χ2n) is 6.06. The average Bonchev–Trinajstić information content (AvgIpc) is 3.29. The Kier molecular flexibility index (Phi) is 4.48. The first-order valence-electron chi connectivity index (χ1n) is 7.74. The van der Waals surface area contributed by atoms with Gasteiger partial charge < -0.3 is 10.2 Å². The standard InChI is InChI=1S/C18H22N2OS/c1-13-10-11-22-16(13)12-20(2)18(21)19-17(15-8-9-15)14-6-4-3-5-7-14/h3-7,10-11,15,17H,8-9,12H2,1-2H3,(H,19,21). The van der Waals surface area contributed by atoms with Crippen LogP contribution in [0.4, 0.5) is 4.79 Å². The van der Waals surface area contributed by atoms with E-state index in [0.29, 0.717) is 12.5 Å². The molecule has 1 heterocycles. The molecule has 1 unspecified atom stereocenters. The SMILES string of the molecule is Cc1ccsc1CN(C)C(=O)NC(c1ccccc1)C1CC1. The van der Waals surface area contributed by atoms with Gasteiger partial charge in [-0.15, -0.1) is 11.3 Å². The third-order valence-electron chi connectivity index (χ3n) is 4.23. The number of carbonyl (C=O) groups excluding carboxylic acids is 1. The zero-order valence-electron chi connectivity index (χ0n) is 13.1. The van der Waals surface area contributed by atoms with Crippen LogP contribution < -0.4 is 5.32 Å². The van der Waals surface area contributed by atoms with Gasteiger partial charge in [0.25, 0.3) is 0 Å². The maximum atomic E-state index is 12.5. The number of amides is 2. The molecule has 1 fully saturated rings. The molecule has 2 amide bonds. The lowest BCUT2D eigenvalue weighted by Crippen LogP contribution is -2.39. The van der Waals surface area contributed by atoms with Crippen molar-refractivity contribution in [1.82, 2.24) is 10.2 Å². The van der Waals surface area contributed by atoms with Crippen LogP contribution in [0.1, 0.15) is 34.9 Å². The molecule has 1 saturated carbocycles. The van der Waals surface area contributed by atoms with E-state index in [1.54, 1.807) is 16.2 Å². The van der Waals surface area contributed by atoms with E-state index in [9.17, 15) is 4.79 Å². The van der Waals surface area contributed by atoms with Crippen molar-refractivity contribution >= 4 is 17.4 Å². The summed E-state index contributed by atoms with van der Waals surface area (Å²) in [5.41, 5.74) is 2.46. The topological polar surface area (TPSA) is 32.3 Å². The molecule has 1 aliphatic carbocycles. The Labute approximate surface area is 136 Å². The Morgan fingerprint density at radius 3 is 2.64 bits per heavy atom. The minimum Gasteiger partial charge on any atom is -0.331 e. The number of thiophene rings is 1. The Bertz CT molecular complexity index is 634. The molecule has 1 aromatic carbocycles. The molecule has 3 nitrogen and oxygen atoms in total. The quantitative estimate of drug-likeness (QED) is 0.874. The van der Waals surface area contributed by atoms with Gasteiger partial charge in [0.2, 0.25) is 0 Å². The fourth-order valence-electron chi connectivity index (χ4n) is 2.66. The summed E-state index contributed by atoms with van der Waals surface area (Å²) in [6.45, 7) is 2.76. The highest BCUT2D eigenvalue weighted by Crippen LogP contribution is 2.41. The van der Waals surface area contributed by atoms with Crippen molar-refractivity contribution < 1.29 is 4.79 Å². The van der Waals surface area contributed by atoms with Gasteiger partial charge in [-0.05, 0) is 48.3 Å². The van der Waals surface area contributed by atoms with Crippen LogP contribution in [0.15, 0.2) is 41.8 Å². The molecule has 1 aliphatic rings. The van der Waals surface area contributed by atoms with Crippen LogP contribution >= 0.6 is 11.3 Å². The molecule has 4 heteroatoms. The van der Waals surface area contributed by atoms with Crippen LogP contribution in [0, 0.1) is 12.8 Å². The number of hydrogen-bond acceptors (Lipinski definition) is 2. The number of hydrogen-bond donors (Lipinski definition) is 1. The summed E-state index contributed by atoms with van der Waals surface area (Å²) in [5.74, 6) is 0.586. The van der Waals surface area contributed by atoms with Crippen molar-refractivity contribution in [1.29, 1.82) is 0 Å². The zero-order chi connectivity index (χ0) is 15.5. The Morgan fingerprint density at radius 1 is 1.32 bits per heavy atom. The third kappa shape index (κ3) is 3.50. The Hall–Kier alpha value is -1.81. The van der Waals surface area contributed by atoms with Crippen molar-refractivity contribution in [2.24, 2.45) is 5.92 Å². The summed E-state index contributed by atoms with van der Waals surface area (Å²) < 4.78 is 0. The molecule has 0 bridgehead atoms. The number of benzene rings is 1. The lowest BCUT2D eigenvalue weighted by molar-refractivity contribution is 0.201. The maximum absolute atomic E-state index is 12.5. The monoisotopic (exact) mass is 314 g/mol. The molecule has 0 spiro atoms. The molecule has 2 aromatic rings. The summed E-state index contributed by atoms with van der Waals surface area (Å²) in [6, 6.07) is 12.5. The van der Waals surface area contributed by atoms with Gasteiger partial charge in [-0.2, -0.15) is 0 Å². The van der Waals surface area contributed by atoms with Crippen LogP contribution in [0.3, 0.4) is 0 Å². The van der Waals surface area contributed by atoms with Gasteiger partial charge in [-0.1, -0.05) is 30.3 Å². The van der Waals surface area contributed by atoms with E-state index < -0.39 is 0 Å². The highest BCUT2D eigenvalue weighted by Gasteiger charge is 2.33. The average molecular weight is 314 g/mol. The fourth-order valence-corrected chi connectivity index (χ4v) is 3.62. The maximum Gasteiger partial charge on any atom is 0.317 e. The van der Waals surface area contributed by atoms with E-state index in [1.165, 1.54) is 28.8 Å². The second-order valence-corrected chi connectivity index (χ2v) is 7.06. The molecule has 1 aromatic heterocycles. The molecule has 22 heavy (non-hydrogen) atoms. The Morgan fingerprint density at radius 2 is 2.05 bits per heavy atom. The number of rotatable bonds is 5. The van der Waals surface area contributed by atoms with E-state index in [1.807, 2.05) is 25.2 Å². The highest BCUT2D eigenvalue weighted by molar-refractivity contribution is 7.10. The van der Waals surface area contributed by atoms with Gasteiger partial charge in [0.15, 0.2) is 0 Å². The van der Waals surface area contributed by atoms with E-state index in [2.05, 4.69) is 35.8 Å². The Balaban J connectivity index is 1.65. The van der Waals surface area contributed by atoms with Crippen molar-refractivity contribution in [3.8, 4) is 0 Å². The molecular formula is C18H22N2OS. The van der Waals surface area contributed by atoms with Crippen LogP contribution in [0.5, 0.6) is 0 Å². The van der Waals surface area contributed by atoms with Gasteiger partial charge >= 0.3 is 6.03 Å². The van der Waals surface area contributed by atoms with Gasteiger partial charge in [-0.3, -0.25) is 0 Å². The molecule has 1 atom stereocenters. The number of urea groups is 1. The van der Waals surface area contributed by atoms with Gasteiger partial charge in [0.05, 0.1) is 12.6 Å². The summed E-state index contributed by atoms with van der Waals surface area (Å²) in [4.78, 5) is 15.5. The largest absolute Gasteiger partial charge is 0.331 e. The first kappa shape index (κ1) is 15.1. The predicted octanol–water partition coefficient (Wildman–Crippen LogP) is 4.35. The number of nitrogens with one attached hydrogen (secondary N) is 1. The molecular weight excluding hydrogens is 292 g/mol. The minimum atomic E-state index is 0.00792. The molecule has 0 radical (unpaired) electrons. The normalized spacial score (nSPS) is 15.4. The van der Waals surface area contributed by atoms with E-state index >= 15 is 0 Å². The van der Waals surface area contributed by atoms with Crippen molar-refractivity contribution in [2.75, 3.05) is 7.05 Å². The summed E-state index contributed by atoms with van der Waals surface area (Å²) in [6.07, 6.45) is 2.40. The molecule has 0 saturated heterocycles. The van der Waals surface area contributed by atoms with E-state index in [0.717, 1.165) is 0 Å². The van der Waals surface area contributed by atoms with Crippen molar-refractivity contribution in [3.63, 3.8) is 0 Å². The highest BCUT2D eigenvalue weighted by atomic mass is 32.1. The number of nitrogens with zero attached hydrogens (tertiary/aromatic N) is 1. The van der Waals surface area contributed by atoms with Gasteiger partial charge in [-0.25, -0.2) is 4.79 Å². The van der Waals surface area contributed by atoms with Crippen LogP contribution in [0.25, 0.3) is 0 Å². The zero-order valence-corrected chi connectivity index (χ0v) is 13.9. The fraction of sp³-hybridized carbons (Fsp3) is 0.389. The van der Waals surface area contributed by atoms with Crippen molar-refractivity contribution in [2.45, 2.75) is 32.4 Å². The van der Waals surface area contributed by atoms with Crippen LogP contribution in [0.2, 0.25) is 0 Å². The summed E-state index contributed by atoms with van der Waals surface area (Å²) in [7, 11) is 1.86. The molecule has 0 aliphatic heterocycles. The molecule has 1 N–H and O–H groups in total. The van der Waals surface area contributed by atoms with Crippen LogP contribution in [-0.4, -0.2) is 18.0 Å². The second kappa shape index (κ2) is 6.53. The lowest BCUT2D eigenvalue weighted by Gasteiger charge is -2.24. The predicted molar refractivity (Wildman–Crippen MR) is 91.0 cm³/mol. The molecule has 116 valence electrons. The van der Waals surface area contributed by atoms with E-state index in [4.69, 9.17) is 0 Å². The van der Waals surface area contributed by atoms with Crippen molar-refractivity contribution in [3.05, 3.63) is 57.8 Å². The molecule has 3 rings (SSSR count). The van der Waals surface area contributed by atoms with Gasteiger partial charge in [0, 0.05) is 11.9 Å².